The highest BCUT2D eigenvalue weighted by atomic mass is 127. The summed E-state index contributed by atoms with van der Waals surface area (Å²) in [4.78, 5) is 4.27. The van der Waals surface area contributed by atoms with E-state index in [0.717, 1.165) is 23.4 Å². The summed E-state index contributed by atoms with van der Waals surface area (Å²) in [7, 11) is 0.271. The summed E-state index contributed by atoms with van der Waals surface area (Å²) in [6.07, 6.45) is 3.06. The maximum absolute atomic E-state index is 11.7. The maximum Gasteiger partial charge on any atom is 0.213 e. The second-order valence-electron chi connectivity index (χ2n) is 6.69. The van der Waals surface area contributed by atoms with Gasteiger partial charge in [0.15, 0.2) is 5.96 Å². The molecular formula is C18H30BrIN4O2S. The van der Waals surface area contributed by atoms with Gasteiger partial charge in [-0.05, 0) is 37.8 Å². The van der Waals surface area contributed by atoms with E-state index in [1.807, 2.05) is 6.07 Å². The van der Waals surface area contributed by atoms with Gasteiger partial charge in [-0.1, -0.05) is 34.1 Å². The minimum Gasteiger partial charge on any atom is -0.356 e. The van der Waals surface area contributed by atoms with Crippen LogP contribution in [-0.4, -0.2) is 58.2 Å². The highest BCUT2D eigenvalue weighted by Gasteiger charge is 2.45. The molecule has 0 unspecified atom stereocenters. The fourth-order valence-electron chi connectivity index (χ4n) is 2.93. The van der Waals surface area contributed by atoms with Gasteiger partial charge in [-0.2, -0.15) is 0 Å². The average Bonchev–Trinajstić information content (AvgIpc) is 3.42. The zero-order valence-corrected chi connectivity index (χ0v) is 20.9. The normalized spacial score (nSPS) is 16.0. The highest BCUT2D eigenvalue weighted by Crippen LogP contribution is 2.49. The molecule has 1 aliphatic rings. The number of aliphatic imine (C=N–C) groups is 1. The van der Waals surface area contributed by atoms with Crippen molar-refractivity contribution in [3.05, 3.63) is 34.3 Å². The molecule has 0 radical (unpaired) electrons. The van der Waals surface area contributed by atoms with Crippen molar-refractivity contribution < 1.29 is 8.42 Å². The minimum absolute atomic E-state index is 0. The van der Waals surface area contributed by atoms with Crippen molar-refractivity contribution in [1.29, 1.82) is 0 Å². The Morgan fingerprint density at radius 2 is 1.96 bits per heavy atom. The highest BCUT2D eigenvalue weighted by molar-refractivity contribution is 14.0. The number of guanidine groups is 1. The molecule has 1 aromatic rings. The summed E-state index contributed by atoms with van der Waals surface area (Å²) < 4.78 is 26.0. The Kier molecular flexibility index (Phi) is 10.0. The van der Waals surface area contributed by atoms with Crippen molar-refractivity contribution in [3.8, 4) is 0 Å². The number of hydrogen-bond donors (Lipinski definition) is 2. The van der Waals surface area contributed by atoms with Gasteiger partial charge in [0.05, 0.1) is 5.75 Å². The Balaban J connectivity index is 0.00000364. The lowest BCUT2D eigenvalue weighted by Crippen LogP contribution is -2.42. The first-order valence-electron chi connectivity index (χ1n) is 8.98. The monoisotopic (exact) mass is 572 g/mol. The van der Waals surface area contributed by atoms with Crippen LogP contribution in [0.15, 0.2) is 33.7 Å². The molecular weight excluding hydrogens is 543 g/mol. The SMILES string of the molecule is CCS(=O)(=O)N(C)CCCNC(=NC)NCC1(c2ccccc2Br)CC1.I. The van der Waals surface area contributed by atoms with Crippen LogP contribution in [0.4, 0.5) is 0 Å². The van der Waals surface area contributed by atoms with Crippen LogP contribution in [0, 0.1) is 0 Å². The van der Waals surface area contributed by atoms with Crippen LogP contribution in [0.5, 0.6) is 0 Å². The summed E-state index contributed by atoms with van der Waals surface area (Å²) in [5.41, 5.74) is 1.52. The van der Waals surface area contributed by atoms with Crippen molar-refractivity contribution in [2.24, 2.45) is 4.99 Å². The first-order chi connectivity index (χ1) is 12.3. The van der Waals surface area contributed by atoms with E-state index in [-0.39, 0.29) is 35.1 Å². The number of benzene rings is 1. The van der Waals surface area contributed by atoms with Crippen molar-refractivity contribution in [3.63, 3.8) is 0 Å². The molecule has 1 aromatic carbocycles. The molecule has 0 atom stereocenters. The Morgan fingerprint density at radius 1 is 1.30 bits per heavy atom. The van der Waals surface area contributed by atoms with Gasteiger partial charge in [0.25, 0.3) is 0 Å². The van der Waals surface area contributed by atoms with Crippen LogP contribution >= 0.6 is 39.9 Å². The Hall–Kier alpha value is -0.390. The van der Waals surface area contributed by atoms with E-state index < -0.39 is 10.0 Å². The molecule has 0 heterocycles. The lowest BCUT2D eigenvalue weighted by atomic mass is 9.96. The van der Waals surface area contributed by atoms with E-state index in [4.69, 9.17) is 0 Å². The number of rotatable bonds is 9. The van der Waals surface area contributed by atoms with Gasteiger partial charge >= 0.3 is 0 Å². The van der Waals surface area contributed by atoms with Crippen LogP contribution in [0.1, 0.15) is 31.7 Å². The number of nitrogens with zero attached hydrogens (tertiary/aromatic N) is 2. The van der Waals surface area contributed by atoms with E-state index in [2.05, 4.69) is 49.8 Å². The number of sulfonamides is 1. The van der Waals surface area contributed by atoms with Crippen molar-refractivity contribution in [2.75, 3.05) is 39.5 Å². The average molecular weight is 573 g/mol. The molecule has 2 N–H and O–H groups in total. The molecule has 0 amide bonds. The number of nitrogens with one attached hydrogen (secondary N) is 2. The second-order valence-corrected chi connectivity index (χ2v) is 9.91. The minimum atomic E-state index is -3.11. The molecule has 2 rings (SSSR count). The standard InChI is InChI=1S/C18H29BrN4O2S.HI/c1-4-26(24,25)23(3)13-7-12-21-17(20-2)22-14-18(10-11-18)15-8-5-6-9-16(15)19;/h5-6,8-9H,4,7,10-14H2,1-3H3,(H2,20,21,22);1H. The quantitative estimate of drug-likeness (QED) is 0.206. The van der Waals surface area contributed by atoms with Crippen LogP contribution < -0.4 is 10.6 Å². The lowest BCUT2D eigenvalue weighted by Gasteiger charge is -2.20. The zero-order valence-electron chi connectivity index (χ0n) is 16.2. The molecule has 9 heteroatoms. The van der Waals surface area contributed by atoms with E-state index in [0.29, 0.717) is 13.1 Å². The molecule has 6 nitrogen and oxygen atoms in total. The Morgan fingerprint density at radius 3 is 2.52 bits per heavy atom. The third kappa shape index (κ3) is 6.86. The van der Waals surface area contributed by atoms with Crippen molar-refractivity contribution >= 4 is 55.9 Å². The second kappa shape index (κ2) is 11.0. The largest absolute Gasteiger partial charge is 0.356 e. The predicted molar refractivity (Wildman–Crippen MR) is 127 cm³/mol. The van der Waals surface area contributed by atoms with Gasteiger partial charge in [0, 0.05) is 43.6 Å². The Bertz CT molecular complexity index is 739. The van der Waals surface area contributed by atoms with Gasteiger partial charge in [-0.15, -0.1) is 24.0 Å². The first kappa shape index (κ1) is 24.6. The van der Waals surface area contributed by atoms with Crippen LogP contribution in [0.2, 0.25) is 0 Å². The van der Waals surface area contributed by atoms with Gasteiger partial charge in [0.2, 0.25) is 10.0 Å². The third-order valence-corrected chi connectivity index (χ3v) is 7.45. The zero-order chi connectivity index (χ0) is 19.2. The molecule has 27 heavy (non-hydrogen) atoms. The van der Waals surface area contributed by atoms with E-state index in [1.165, 1.54) is 22.7 Å². The van der Waals surface area contributed by atoms with Gasteiger partial charge in [-0.25, -0.2) is 12.7 Å². The van der Waals surface area contributed by atoms with Crippen LogP contribution in [-0.2, 0) is 15.4 Å². The van der Waals surface area contributed by atoms with Crippen LogP contribution in [0.25, 0.3) is 0 Å². The Labute approximate surface area is 188 Å². The molecule has 1 saturated carbocycles. The molecule has 0 aromatic heterocycles. The van der Waals surface area contributed by atoms with Crippen LogP contribution in [0.3, 0.4) is 0 Å². The third-order valence-electron chi connectivity index (χ3n) is 4.90. The predicted octanol–water partition coefficient (Wildman–Crippen LogP) is 2.94. The van der Waals surface area contributed by atoms with Gasteiger partial charge < -0.3 is 10.6 Å². The summed E-state index contributed by atoms with van der Waals surface area (Å²) in [6.45, 7) is 3.67. The number of hydrogen-bond acceptors (Lipinski definition) is 3. The number of halogens is 2. The molecule has 154 valence electrons. The van der Waals surface area contributed by atoms with Crippen molar-refractivity contribution in [2.45, 2.75) is 31.6 Å². The molecule has 0 saturated heterocycles. The van der Waals surface area contributed by atoms with Crippen molar-refractivity contribution in [1.82, 2.24) is 14.9 Å². The fourth-order valence-corrected chi connectivity index (χ4v) is 4.48. The molecule has 1 aliphatic carbocycles. The summed E-state index contributed by atoms with van der Waals surface area (Å²) >= 11 is 3.66. The first-order valence-corrected chi connectivity index (χ1v) is 11.4. The smallest absolute Gasteiger partial charge is 0.213 e. The molecule has 1 fully saturated rings. The van der Waals surface area contributed by atoms with Gasteiger partial charge in [-0.3, -0.25) is 4.99 Å². The topological polar surface area (TPSA) is 73.8 Å². The molecule has 0 spiro atoms. The fraction of sp³-hybridized carbons (Fsp3) is 0.611. The summed E-state index contributed by atoms with van der Waals surface area (Å²) in [5, 5.41) is 6.68. The molecule has 0 aliphatic heterocycles. The maximum atomic E-state index is 11.7. The van der Waals surface area contributed by atoms with E-state index in [1.54, 1.807) is 21.0 Å². The summed E-state index contributed by atoms with van der Waals surface area (Å²) in [6, 6.07) is 8.38. The van der Waals surface area contributed by atoms with E-state index in [9.17, 15) is 8.42 Å². The lowest BCUT2D eigenvalue weighted by molar-refractivity contribution is 0.461. The summed E-state index contributed by atoms with van der Waals surface area (Å²) in [5.74, 6) is 0.890. The van der Waals surface area contributed by atoms with Gasteiger partial charge in [0.1, 0.15) is 0 Å². The molecule has 0 bridgehead atoms. The van der Waals surface area contributed by atoms with E-state index >= 15 is 0 Å².